The van der Waals surface area contributed by atoms with Gasteiger partial charge in [0.15, 0.2) is 0 Å². The van der Waals surface area contributed by atoms with Gasteiger partial charge in [-0.2, -0.15) is 0 Å². The van der Waals surface area contributed by atoms with Crippen LogP contribution in [0, 0.1) is 0 Å². The fraction of sp³-hybridized carbons (Fsp3) is 0.333. The minimum atomic E-state index is -0.496. The van der Waals surface area contributed by atoms with Crippen LogP contribution in [0.15, 0.2) is 18.3 Å². The van der Waals surface area contributed by atoms with Gasteiger partial charge in [-0.15, -0.1) is 0 Å². The van der Waals surface area contributed by atoms with E-state index in [-0.39, 0.29) is 6.04 Å². The molecule has 0 radical (unpaired) electrons. The molecule has 1 amide bonds. The van der Waals surface area contributed by atoms with Gasteiger partial charge in [-0.1, -0.05) is 0 Å². The molecule has 0 aliphatic rings. The largest absolute Gasteiger partial charge is 0.366 e. The summed E-state index contributed by atoms with van der Waals surface area (Å²) in [5, 5.41) is 3.00. The second kappa shape index (κ2) is 4.57. The Labute approximate surface area is 82.5 Å². The van der Waals surface area contributed by atoms with Crippen LogP contribution in [0.1, 0.15) is 17.3 Å². The smallest absolute Gasteiger partial charge is 0.252 e. The Bertz CT molecular complexity index is 326. The molecule has 0 aliphatic carbocycles. The molecule has 0 saturated heterocycles. The summed E-state index contributed by atoms with van der Waals surface area (Å²) >= 11 is 0. The maximum absolute atomic E-state index is 11.0. The molecule has 5 nitrogen and oxygen atoms in total. The second-order valence-corrected chi connectivity index (χ2v) is 3.04. The summed E-state index contributed by atoms with van der Waals surface area (Å²) in [6.07, 6.45) is 1.60. The number of primary amides is 1. The van der Waals surface area contributed by atoms with Crippen LogP contribution in [0.5, 0.6) is 0 Å². The number of hydrogen-bond donors (Lipinski definition) is 3. The first-order chi connectivity index (χ1) is 6.65. The van der Waals surface area contributed by atoms with Crippen molar-refractivity contribution in [2.24, 2.45) is 11.5 Å². The first-order valence-corrected chi connectivity index (χ1v) is 4.36. The number of nitrogens with two attached hydrogens (primary N) is 2. The van der Waals surface area contributed by atoms with Gasteiger partial charge < -0.3 is 16.8 Å². The number of carbonyl (C=O) groups is 1. The Balaban J connectivity index is 2.90. The van der Waals surface area contributed by atoms with E-state index in [0.717, 1.165) is 0 Å². The average molecular weight is 194 g/mol. The van der Waals surface area contributed by atoms with Crippen LogP contribution in [0.2, 0.25) is 0 Å². The van der Waals surface area contributed by atoms with E-state index in [1.807, 2.05) is 6.92 Å². The molecule has 0 bridgehead atoms. The summed E-state index contributed by atoms with van der Waals surface area (Å²) in [5.41, 5.74) is 11.0. The van der Waals surface area contributed by atoms with E-state index in [1.165, 1.54) is 0 Å². The number of carbonyl (C=O) groups excluding carboxylic acids is 1. The highest BCUT2D eigenvalue weighted by atomic mass is 16.1. The van der Waals surface area contributed by atoms with Gasteiger partial charge >= 0.3 is 0 Å². The molecule has 0 aromatic carbocycles. The van der Waals surface area contributed by atoms with Crippen LogP contribution in [-0.4, -0.2) is 23.5 Å². The number of hydrogen-bond acceptors (Lipinski definition) is 4. The van der Waals surface area contributed by atoms with Crippen molar-refractivity contribution in [3.05, 3.63) is 23.9 Å². The predicted molar refractivity (Wildman–Crippen MR) is 54.9 cm³/mol. The summed E-state index contributed by atoms with van der Waals surface area (Å²) in [6, 6.07) is 3.35. The van der Waals surface area contributed by atoms with E-state index < -0.39 is 5.91 Å². The lowest BCUT2D eigenvalue weighted by Gasteiger charge is -2.13. The van der Waals surface area contributed by atoms with Crippen molar-refractivity contribution >= 4 is 11.7 Å². The molecular weight excluding hydrogens is 180 g/mol. The Morgan fingerprint density at radius 3 is 3.00 bits per heavy atom. The third kappa shape index (κ3) is 2.43. The maximum Gasteiger partial charge on any atom is 0.252 e. The van der Waals surface area contributed by atoms with Crippen molar-refractivity contribution in [1.29, 1.82) is 0 Å². The third-order valence-electron chi connectivity index (χ3n) is 1.81. The first kappa shape index (κ1) is 10.5. The van der Waals surface area contributed by atoms with E-state index in [9.17, 15) is 4.79 Å². The summed E-state index contributed by atoms with van der Waals surface area (Å²) in [6.45, 7) is 2.37. The summed E-state index contributed by atoms with van der Waals surface area (Å²) in [7, 11) is 0. The lowest BCUT2D eigenvalue weighted by Crippen LogP contribution is -2.27. The second-order valence-electron chi connectivity index (χ2n) is 3.04. The topological polar surface area (TPSA) is 94.0 Å². The van der Waals surface area contributed by atoms with Crippen LogP contribution in [-0.2, 0) is 0 Å². The first-order valence-electron chi connectivity index (χ1n) is 4.36. The van der Waals surface area contributed by atoms with Gasteiger partial charge in [0.05, 0.1) is 5.56 Å². The fourth-order valence-electron chi connectivity index (χ4n) is 1.01. The Morgan fingerprint density at radius 1 is 1.71 bits per heavy atom. The minimum absolute atomic E-state index is 0.0583. The van der Waals surface area contributed by atoms with Crippen molar-refractivity contribution in [1.82, 2.24) is 4.98 Å². The Hall–Kier alpha value is -1.62. The van der Waals surface area contributed by atoms with Crippen LogP contribution in [0.4, 0.5) is 5.82 Å². The van der Waals surface area contributed by atoms with Gasteiger partial charge in [0, 0.05) is 18.8 Å². The van der Waals surface area contributed by atoms with Crippen molar-refractivity contribution in [2.75, 3.05) is 11.9 Å². The zero-order valence-electron chi connectivity index (χ0n) is 8.03. The van der Waals surface area contributed by atoms with E-state index in [0.29, 0.717) is 17.9 Å². The number of pyridine rings is 1. The lowest BCUT2D eigenvalue weighted by atomic mass is 10.2. The van der Waals surface area contributed by atoms with Gasteiger partial charge in [0.2, 0.25) is 0 Å². The zero-order valence-corrected chi connectivity index (χ0v) is 8.03. The summed E-state index contributed by atoms with van der Waals surface area (Å²) in [5.74, 6) is -0.0113. The molecule has 5 heteroatoms. The van der Waals surface area contributed by atoms with E-state index in [1.54, 1.807) is 18.3 Å². The predicted octanol–water partition coefficient (Wildman–Crippen LogP) is -0.0604. The van der Waals surface area contributed by atoms with Crippen molar-refractivity contribution < 1.29 is 4.79 Å². The number of anilines is 1. The number of rotatable bonds is 4. The molecule has 0 spiro atoms. The van der Waals surface area contributed by atoms with E-state index in [4.69, 9.17) is 11.5 Å². The van der Waals surface area contributed by atoms with Gasteiger partial charge in [-0.3, -0.25) is 4.79 Å². The zero-order chi connectivity index (χ0) is 10.6. The molecule has 1 rings (SSSR count). The number of aromatic nitrogens is 1. The van der Waals surface area contributed by atoms with E-state index >= 15 is 0 Å². The highest BCUT2D eigenvalue weighted by molar-refractivity contribution is 5.97. The standard InChI is InChI=1S/C9H14N4O/c1-6(5-10)13-9-7(8(11)14)3-2-4-12-9/h2-4,6H,5,10H2,1H3,(H2,11,14)(H,12,13). The summed E-state index contributed by atoms with van der Waals surface area (Å²) < 4.78 is 0. The highest BCUT2D eigenvalue weighted by Gasteiger charge is 2.09. The van der Waals surface area contributed by atoms with Gasteiger partial charge in [-0.25, -0.2) is 4.98 Å². The molecule has 0 aliphatic heterocycles. The van der Waals surface area contributed by atoms with Gasteiger partial charge in [-0.05, 0) is 19.1 Å². The third-order valence-corrected chi connectivity index (χ3v) is 1.81. The monoisotopic (exact) mass is 194 g/mol. The molecule has 1 aromatic heterocycles. The molecule has 1 atom stereocenters. The lowest BCUT2D eigenvalue weighted by molar-refractivity contribution is 0.100. The fourth-order valence-corrected chi connectivity index (χ4v) is 1.01. The Morgan fingerprint density at radius 2 is 2.43 bits per heavy atom. The van der Waals surface area contributed by atoms with Crippen LogP contribution in [0.3, 0.4) is 0 Å². The average Bonchev–Trinajstić information content (AvgIpc) is 2.18. The van der Waals surface area contributed by atoms with Crippen LogP contribution < -0.4 is 16.8 Å². The number of nitrogens with one attached hydrogen (secondary N) is 1. The summed E-state index contributed by atoms with van der Waals surface area (Å²) in [4.78, 5) is 15.0. The molecule has 1 aromatic rings. The number of nitrogens with zero attached hydrogens (tertiary/aromatic N) is 1. The molecule has 1 heterocycles. The van der Waals surface area contributed by atoms with Crippen molar-refractivity contribution in [2.45, 2.75) is 13.0 Å². The van der Waals surface area contributed by atoms with Crippen LogP contribution >= 0.6 is 0 Å². The normalized spacial score (nSPS) is 12.1. The Kier molecular flexibility index (Phi) is 3.41. The molecule has 0 fully saturated rings. The van der Waals surface area contributed by atoms with Crippen molar-refractivity contribution in [3.8, 4) is 0 Å². The van der Waals surface area contributed by atoms with Gasteiger partial charge in [0.25, 0.3) is 5.91 Å². The highest BCUT2D eigenvalue weighted by Crippen LogP contribution is 2.11. The van der Waals surface area contributed by atoms with Crippen LogP contribution in [0.25, 0.3) is 0 Å². The molecule has 5 N–H and O–H groups in total. The molecular formula is C9H14N4O. The molecule has 76 valence electrons. The molecule has 14 heavy (non-hydrogen) atoms. The SMILES string of the molecule is CC(CN)Nc1ncccc1C(N)=O. The van der Waals surface area contributed by atoms with Gasteiger partial charge in [0.1, 0.15) is 5.82 Å². The van der Waals surface area contributed by atoms with Crippen molar-refractivity contribution in [3.63, 3.8) is 0 Å². The minimum Gasteiger partial charge on any atom is -0.366 e. The quantitative estimate of drug-likeness (QED) is 0.625. The molecule has 0 saturated carbocycles. The number of amides is 1. The molecule has 1 unspecified atom stereocenters. The maximum atomic E-state index is 11.0. The van der Waals surface area contributed by atoms with E-state index in [2.05, 4.69) is 10.3 Å².